The van der Waals surface area contributed by atoms with Crippen LogP contribution < -0.4 is 10.5 Å². The van der Waals surface area contributed by atoms with Crippen molar-refractivity contribution in [2.45, 2.75) is 12.6 Å². The Labute approximate surface area is 130 Å². The van der Waals surface area contributed by atoms with E-state index in [2.05, 4.69) is 10.00 Å². The third-order valence-corrected chi connectivity index (χ3v) is 3.56. The molecular weight excluding hydrogens is 288 g/mol. The van der Waals surface area contributed by atoms with Gasteiger partial charge in [-0.15, -0.1) is 0 Å². The van der Waals surface area contributed by atoms with E-state index in [-0.39, 0.29) is 6.04 Å². The molecule has 114 valence electrons. The number of hydrogen-bond acceptors (Lipinski definition) is 4. The highest BCUT2D eigenvalue weighted by molar-refractivity contribution is 6.30. The Morgan fingerprint density at radius 2 is 2.19 bits per heavy atom. The van der Waals surface area contributed by atoms with Crippen molar-refractivity contribution in [1.82, 2.24) is 14.7 Å². The number of aromatic nitrogens is 2. The Morgan fingerprint density at radius 1 is 1.43 bits per heavy atom. The zero-order chi connectivity index (χ0) is 15.4. The molecule has 2 rings (SSSR count). The molecule has 1 atom stereocenters. The minimum absolute atomic E-state index is 0.330. The average Bonchev–Trinajstić information content (AvgIpc) is 2.87. The predicted molar refractivity (Wildman–Crippen MR) is 84.8 cm³/mol. The van der Waals surface area contributed by atoms with Crippen LogP contribution in [0.5, 0.6) is 5.75 Å². The highest BCUT2D eigenvalue weighted by Gasteiger charge is 2.20. The zero-order valence-electron chi connectivity index (χ0n) is 12.6. The first-order valence-electron chi connectivity index (χ1n) is 6.78. The Hall–Kier alpha value is -1.56. The van der Waals surface area contributed by atoms with Gasteiger partial charge in [0.25, 0.3) is 0 Å². The summed E-state index contributed by atoms with van der Waals surface area (Å²) in [6.45, 7) is 1.63. The molecule has 0 aliphatic heterocycles. The number of benzene rings is 1. The van der Waals surface area contributed by atoms with Gasteiger partial charge >= 0.3 is 0 Å². The van der Waals surface area contributed by atoms with Gasteiger partial charge in [0, 0.05) is 11.6 Å². The fourth-order valence-corrected chi connectivity index (χ4v) is 2.38. The molecular formula is C15H21ClN4O. The Bertz CT molecular complexity index is 597. The van der Waals surface area contributed by atoms with Crippen LogP contribution in [-0.2, 0) is 6.54 Å². The summed E-state index contributed by atoms with van der Waals surface area (Å²) in [6, 6.07) is 7.22. The van der Waals surface area contributed by atoms with Crippen LogP contribution in [0.25, 0.3) is 0 Å². The first kappa shape index (κ1) is 15.8. The number of nitrogens with two attached hydrogens (primary N) is 1. The summed E-state index contributed by atoms with van der Waals surface area (Å²) >= 11 is 6.05. The molecule has 0 spiro atoms. The van der Waals surface area contributed by atoms with Crippen LogP contribution in [-0.4, -0.2) is 42.4 Å². The molecule has 0 aliphatic rings. The summed E-state index contributed by atoms with van der Waals surface area (Å²) in [5.41, 5.74) is 8.20. The summed E-state index contributed by atoms with van der Waals surface area (Å²) in [4.78, 5) is 2.10. The van der Waals surface area contributed by atoms with E-state index in [1.54, 1.807) is 13.3 Å². The molecule has 1 unspecified atom stereocenters. The van der Waals surface area contributed by atoms with Crippen molar-refractivity contribution in [2.24, 2.45) is 5.73 Å². The summed E-state index contributed by atoms with van der Waals surface area (Å²) in [5, 5.41) is 5.05. The third-order valence-electron chi connectivity index (χ3n) is 3.33. The van der Waals surface area contributed by atoms with Crippen LogP contribution in [0.3, 0.4) is 0 Å². The van der Waals surface area contributed by atoms with Crippen LogP contribution in [0.1, 0.15) is 17.3 Å². The third kappa shape index (κ3) is 3.75. The molecule has 1 heterocycles. The summed E-state index contributed by atoms with van der Waals surface area (Å²) in [6.07, 6.45) is 1.70. The van der Waals surface area contributed by atoms with E-state index in [1.165, 1.54) is 0 Å². The maximum atomic E-state index is 6.40. The number of rotatable bonds is 6. The van der Waals surface area contributed by atoms with Crippen LogP contribution in [0.15, 0.2) is 30.5 Å². The monoisotopic (exact) mass is 308 g/mol. The molecule has 21 heavy (non-hydrogen) atoms. The van der Waals surface area contributed by atoms with E-state index in [9.17, 15) is 0 Å². The van der Waals surface area contributed by atoms with Crippen molar-refractivity contribution in [3.05, 3.63) is 46.7 Å². The summed E-state index contributed by atoms with van der Waals surface area (Å²) < 4.78 is 7.29. The highest BCUT2D eigenvalue weighted by Crippen LogP contribution is 2.29. The van der Waals surface area contributed by atoms with Gasteiger partial charge in [0.1, 0.15) is 5.69 Å². The van der Waals surface area contributed by atoms with Gasteiger partial charge in [0.05, 0.1) is 25.9 Å². The Balaban J connectivity index is 2.34. The van der Waals surface area contributed by atoms with Gasteiger partial charge in [-0.2, -0.15) is 5.10 Å². The molecule has 0 saturated heterocycles. The van der Waals surface area contributed by atoms with Crippen molar-refractivity contribution in [2.75, 3.05) is 27.7 Å². The predicted octanol–water partition coefficient (Wildman–Crippen LogP) is 2.15. The molecule has 2 aromatic rings. The number of hydrogen-bond donors (Lipinski definition) is 1. The average molecular weight is 309 g/mol. The minimum atomic E-state index is -0.330. The van der Waals surface area contributed by atoms with Gasteiger partial charge in [-0.3, -0.25) is 4.68 Å². The van der Waals surface area contributed by atoms with Crippen LogP contribution in [0.4, 0.5) is 0 Å². The normalized spacial score (nSPS) is 12.7. The molecule has 1 aromatic carbocycles. The van der Waals surface area contributed by atoms with Gasteiger partial charge in [-0.1, -0.05) is 23.7 Å². The second-order valence-electron chi connectivity index (χ2n) is 5.16. The second kappa shape index (κ2) is 6.93. The molecule has 0 radical (unpaired) electrons. The van der Waals surface area contributed by atoms with E-state index < -0.39 is 0 Å². The lowest BCUT2D eigenvalue weighted by Crippen LogP contribution is -2.23. The topological polar surface area (TPSA) is 56.3 Å². The van der Waals surface area contributed by atoms with Crippen LogP contribution in [0.2, 0.25) is 5.02 Å². The van der Waals surface area contributed by atoms with Gasteiger partial charge < -0.3 is 15.4 Å². The van der Waals surface area contributed by atoms with Crippen LogP contribution >= 0.6 is 11.6 Å². The lowest BCUT2D eigenvalue weighted by molar-refractivity contribution is 0.363. The fraction of sp³-hybridized carbons (Fsp3) is 0.400. The lowest BCUT2D eigenvalue weighted by Gasteiger charge is -2.18. The van der Waals surface area contributed by atoms with Crippen molar-refractivity contribution < 1.29 is 4.74 Å². The highest BCUT2D eigenvalue weighted by atomic mass is 35.5. The standard InChI is InChI=1S/C15H21ClN4O/c1-19(2)7-8-20-15(13(21-3)10-18-20)14(17)11-5-4-6-12(16)9-11/h4-6,9-10,14H,7-8,17H2,1-3H3. The minimum Gasteiger partial charge on any atom is -0.493 e. The number of nitrogens with zero attached hydrogens (tertiary/aromatic N) is 3. The van der Waals surface area contributed by atoms with Gasteiger partial charge in [-0.25, -0.2) is 0 Å². The van der Waals surface area contributed by atoms with Gasteiger partial charge in [-0.05, 0) is 31.8 Å². The van der Waals surface area contributed by atoms with Crippen molar-refractivity contribution >= 4 is 11.6 Å². The van der Waals surface area contributed by atoms with Gasteiger partial charge in [0.15, 0.2) is 5.75 Å². The van der Waals surface area contributed by atoms with E-state index >= 15 is 0 Å². The SMILES string of the molecule is COc1cnn(CCN(C)C)c1C(N)c1cccc(Cl)c1. The first-order valence-corrected chi connectivity index (χ1v) is 7.16. The molecule has 0 bridgehead atoms. The Morgan fingerprint density at radius 3 is 2.81 bits per heavy atom. The lowest BCUT2D eigenvalue weighted by atomic mass is 10.0. The maximum Gasteiger partial charge on any atom is 0.161 e. The fourth-order valence-electron chi connectivity index (χ4n) is 2.18. The van der Waals surface area contributed by atoms with Crippen molar-refractivity contribution in [3.63, 3.8) is 0 Å². The maximum absolute atomic E-state index is 6.40. The quantitative estimate of drug-likeness (QED) is 0.888. The largest absolute Gasteiger partial charge is 0.493 e. The van der Waals surface area contributed by atoms with Crippen LogP contribution in [0, 0.1) is 0 Å². The molecule has 0 saturated carbocycles. The van der Waals surface area contributed by atoms with E-state index in [0.29, 0.717) is 10.8 Å². The number of ether oxygens (including phenoxy) is 1. The number of likely N-dealkylation sites (N-methyl/N-ethyl adjacent to an activating group) is 1. The molecule has 0 fully saturated rings. The van der Waals surface area contributed by atoms with E-state index in [0.717, 1.165) is 24.3 Å². The second-order valence-corrected chi connectivity index (χ2v) is 5.59. The molecule has 0 aliphatic carbocycles. The smallest absolute Gasteiger partial charge is 0.161 e. The molecule has 0 amide bonds. The first-order chi connectivity index (χ1) is 10.0. The van der Waals surface area contributed by atoms with E-state index in [4.69, 9.17) is 22.1 Å². The molecule has 6 heteroatoms. The number of methoxy groups -OCH3 is 1. The molecule has 2 N–H and O–H groups in total. The Kier molecular flexibility index (Phi) is 5.22. The summed E-state index contributed by atoms with van der Waals surface area (Å²) in [7, 11) is 5.68. The molecule has 1 aromatic heterocycles. The molecule has 5 nitrogen and oxygen atoms in total. The van der Waals surface area contributed by atoms with E-state index in [1.807, 2.05) is 43.0 Å². The number of halogens is 1. The van der Waals surface area contributed by atoms with Crippen molar-refractivity contribution in [1.29, 1.82) is 0 Å². The summed E-state index contributed by atoms with van der Waals surface area (Å²) in [5.74, 6) is 0.696. The van der Waals surface area contributed by atoms with Gasteiger partial charge in [0.2, 0.25) is 0 Å². The van der Waals surface area contributed by atoms with Crippen molar-refractivity contribution in [3.8, 4) is 5.75 Å². The zero-order valence-corrected chi connectivity index (χ0v) is 13.3.